The highest BCUT2D eigenvalue weighted by molar-refractivity contribution is 5.82. The second kappa shape index (κ2) is 5.63. The molecule has 0 aromatic carbocycles. The molecule has 0 rings (SSSR count). The van der Waals surface area contributed by atoms with E-state index in [1.165, 1.54) is 6.08 Å². The first kappa shape index (κ1) is 11.0. The minimum atomic E-state index is -0.351. The van der Waals surface area contributed by atoms with E-state index in [1.807, 2.05) is 13.8 Å². The first-order valence-corrected chi connectivity index (χ1v) is 4.08. The summed E-state index contributed by atoms with van der Waals surface area (Å²) in [6.07, 6.45) is 1.44. The standard InChI is InChI=1S/C9H16O3/c1-5-11-9(10)6-8(4)12-7(2)3/h6-7H,5H2,1-4H3. The summed E-state index contributed by atoms with van der Waals surface area (Å²) in [6, 6.07) is 0. The molecule has 12 heavy (non-hydrogen) atoms. The molecule has 0 fully saturated rings. The zero-order valence-corrected chi connectivity index (χ0v) is 8.09. The maximum Gasteiger partial charge on any atom is 0.334 e. The van der Waals surface area contributed by atoms with Gasteiger partial charge in [-0.3, -0.25) is 0 Å². The smallest absolute Gasteiger partial charge is 0.334 e. The number of hydrogen-bond acceptors (Lipinski definition) is 3. The lowest BCUT2D eigenvalue weighted by Crippen LogP contribution is -2.04. The van der Waals surface area contributed by atoms with Crippen LogP contribution in [0.5, 0.6) is 0 Å². The zero-order valence-electron chi connectivity index (χ0n) is 8.09. The van der Waals surface area contributed by atoms with Gasteiger partial charge in [-0.05, 0) is 27.7 Å². The second-order valence-corrected chi connectivity index (χ2v) is 2.67. The summed E-state index contributed by atoms with van der Waals surface area (Å²) in [5.74, 6) is 0.235. The normalized spacial score (nSPS) is 11.6. The fourth-order valence-electron chi connectivity index (χ4n) is 0.756. The van der Waals surface area contributed by atoms with Gasteiger partial charge in [0.25, 0.3) is 0 Å². The number of carbonyl (C=O) groups is 1. The number of carbonyl (C=O) groups excluding carboxylic acids is 1. The van der Waals surface area contributed by atoms with E-state index in [1.54, 1.807) is 13.8 Å². The van der Waals surface area contributed by atoms with E-state index in [-0.39, 0.29) is 12.1 Å². The molecular weight excluding hydrogens is 156 g/mol. The van der Waals surface area contributed by atoms with Gasteiger partial charge in [-0.25, -0.2) is 4.79 Å². The van der Waals surface area contributed by atoms with Crippen molar-refractivity contribution in [1.82, 2.24) is 0 Å². The SMILES string of the molecule is CCOC(=O)C=C(C)OC(C)C. The van der Waals surface area contributed by atoms with Crippen molar-refractivity contribution in [3.63, 3.8) is 0 Å². The van der Waals surface area contributed by atoms with Gasteiger partial charge >= 0.3 is 5.97 Å². The highest BCUT2D eigenvalue weighted by Crippen LogP contribution is 2.00. The van der Waals surface area contributed by atoms with E-state index >= 15 is 0 Å². The number of esters is 1. The summed E-state index contributed by atoms with van der Waals surface area (Å²) in [4.78, 5) is 10.9. The highest BCUT2D eigenvalue weighted by Gasteiger charge is 1.99. The number of hydrogen-bond donors (Lipinski definition) is 0. The van der Waals surface area contributed by atoms with Crippen molar-refractivity contribution < 1.29 is 14.3 Å². The molecule has 0 bridgehead atoms. The molecule has 0 unspecified atom stereocenters. The summed E-state index contributed by atoms with van der Waals surface area (Å²) in [5, 5.41) is 0. The van der Waals surface area contributed by atoms with E-state index in [9.17, 15) is 4.79 Å². The molecule has 0 saturated heterocycles. The second-order valence-electron chi connectivity index (χ2n) is 2.67. The van der Waals surface area contributed by atoms with Crippen LogP contribution in [0.4, 0.5) is 0 Å². The third kappa shape index (κ3) is 5.77. The van der Waals surface area contributed by atoms with Crippen molar-refractivity contribution in [2.75, 3.05) is 6.61 Å². The van der Waals surface area contributed by atoms with Crippen LogP contribution < -0.4 is 0 Å². The van der Waals surface area contributed by atoms with Crippen LogP contribution in [0.3, 0.4) is 0 Å². The maximum atomic E-state index is 10.9. The van der Waals surface area contributed by atoms with E-state index in [2.05, 4.69) is 0 Å². The average molecular weight is 172 g/mol. The van der Waals surface area contributed by atoms with E-state index in [4.69, 9.17) is 9.47 Å². The van der Waals surface area contributed by atoms with Gasteiger partial charge in [-0.15, -0.1) is 0 Å². The van der Waals surface area contributed by atoms with E-state index in [0.29, 0.717) is 12.4 Å². The molecule has 0 aliphatic heterocycles. The number of allylic oxidation sites excluding steroid dienone is 1. The Morgan fingerprint density at radius 2 is 2.08 bits per heavy atom. The van der Waals surface area contributed by atoms with Gasteiger partial charge < -0.3 is 9.47 Å². The van der Waals surface area contributed by atoms with Gasteiger partial charge in [0.1, 0.15) is 5.76 Å². The number of ether oxygens (including phenoxy) is 2. The van der Waals surface area contributed by atoms with Crippen LogP contribution in [-0.2, 0) is 14.3 Å². The molecule has 3 heteroatoms. The Hall–Kier alpha value is -0.990. The van der Waals surface area contributed by atoms with Crippen molar-refractivity contribution in [3.8, 4) is 0 Å². The van der Waals surface area contributed by atoms with Gasteiger partial charge in [-0.1, -0.05) is 0 Å². The van der Waals surface area contributed by atoms with Crippen LogP contribution in [0, 0.1) is 0 Å². The molecule has 3 nitrogen and oxygen atoms in total. The molecular formula is C9H16O3. The molecule has 0 aromatic rings. The van der Waals surface area contributed by atoms with Crippen LogP contribution in [-0.4, -0.2) is 18.7 Å². The van der Waals surface area contributed by atoms with Crippen LogP contribution >= 0.6 is 0 Å². The van der Waals surface area contributed by atoms with E-state index < -0.39 is 0 Å². The Kier molecular flexibility index (Phi) is 5.17. The Labute approximate surface area is 73.4 Å². The minimum Gasteiger partial charge on any atom is -0.495 e. The van der Waals surface area contributed by atoms with Gasteiger partial charge in [-0.2, -0.15) is 0 Å². The molecule has 0 saturated carbocycles. The lowest BCUT2D eigenvalue weighted by molar-refractivity contribution is -0.137. The third-order valence-electron chi connectivity index (χ3n) is 1.03. The first-order valence-electron chi connectivity index (χ1n) is 4.08. The molecule has 0 aliphatic carbocycles. The Bertz CT molecular complexity index is 171. The maximum absolute atomic E-state index is 10.9. The quantitative estimate of drug-likeness (QED) is 0.369. The molecule has 0 amide bonds. The lowest BCUT2D eigenvalue weighted by atomic mass is 10.4. The van der Waals surface area contributed by atoms with Crippen LogP contribution in [0.15, 0.2) is 11.8 Å². The summed E-state index contributed by atoms with van der Waals surface area (Å²) in [5.41, 5.74) is 0. The molecule has 0 atom stereocenters. The van der Waals surface area contributed by atoms with Gasteiger partial charge in [0, 0.05) is 0 Å². The Morgan fingerprint density at radius 1 is 1.50 bits per heavy atom. The Morgan fingerprint density at radius 3 is 2.50 bits per heavy atom. The predicted molar refractivity (Wildman–Crippen MR) is 46.6 cm³/mol. The topological polar surface area (TPSA) is 35.5 Å². The van der Waals surface area contributed by atoms with Crippen LogP contribution in [0.2, 0.25) is 0 Å². The first-order chi connectivity index (χ1) is 5.56. The summed E-state index contributed by atoms with van der Waals surface area (Å²) >= 11 is 0. The molecule has 0 heterocycles. The van der Waals surface area contributed by atoms with Crippen molar-refractivity contribution in [3.05, 3.63) is 11.8 Å². The van der Waals surface area contributed by atoms with E-state index in [0.717, 1.165) is 0 Å². The molecule has 0 spiro atoms. The van der Waals surface area contributed by atoms with Crippen molar-refractivity contribution in [1.29, 1.82) is 0 Å². The van der Waals surface area contributed by atoms with Crippen LogP contribution in [0.25, 0.3) is 0 Å². The van der Waals surface area contributed by atoms with Crippen molar-refractivity contribution >= 4 is 5.97 Å². The van der Waals surface area contributed by atoms with Crippen LogP contribution in [0.1, 0.15) is 27.7 Å². The van der Waals surface area contributed by atoms with Gasteiger partial charge in [0.2, 0.25) is 0 Å². The highest BCUT2D eigenvalue weighted by atomic mass is 16.5. The average Bonchev–Trinajstić information content (AvgIpc) is 1.84. The Balaban J connectivity index is 3.89. The van der Waals surface area contributed by atoms with Gasteiger partial charge in [0.05, 0.1) is 18.8 Å². The minimum absolute atomic E-state index is 0.0932. The molecule has 0 aromatic heterocycles. The molecule has 0 aliphatic rings. The van der Waals surface area contributed by atoms with Crippen molar-refractivity contribution in [2.24, 2.45) is 0 Å². The summed E-state index contributed by atoms with van der Waals surface area (Å²) < 4.78 is 9.93. The zero-order chi connectivity index (χ0) is 9.56. The summed E-state index contributed by atoms with van der Waals surface area (Å²) in [6.45, 7) is 7.70. The third-order valence-corrected chi connectivity index (χ3v) is 1.03. The predicted octanol–water partition coefficient (Wildman–Crippen LogP) is 1.88. The van der Waals surface area contributed by atoms with Gasteiger partial charge in [0.15, 0.2) is 0 Å². The largest absolute Gasteiger partial charge is 0.495 e. The molecule has 0 radical (unpaired) electrons. The summed E-state index contributed by atoms with van der Waals surface area (Å²) in [7, 11) is 0. The fraction of sp³-hybridized carbons (Fsp3) is 0.667. The monoisotopic (exact) mass is 172 g/mol. The van der Waals surface area contributed by atoms with Crippen molar-refractivity contribution in [2.45, 2.75) is 33.8 Å². The lowest BCUT2D eigenvalue weighted by Gasteiger charge is -2.08. The molecule has 70 valence electrons. The fourth-order valence-corrected chi connectivity index (χ4v) is 0.756. The molecule has 0 N–H and O–H groups in total. The number of rotatable bonds is 4.